The van der Waals surface area contributed by atoms with Gasteiger partial charge in [-0.3, -0.25) is 4.79 Å². The quantitative estimate of drug-likeness (QED) is 0.464. The summed E-state index contributed by atoms with van der Waals surface area (Å²) in [7, 11) is 0. The first kappa shape index (κ1) is 18.9. The molecule has 0 N–H and O–H groups in total. The Balaban J connectivity index is 1.60. The van der Waals surface area contributed by atoms with Crippen molar-refractivity contribution < 1.29 is 27.0 Å². The van der Waals surface area contributed by atoms with Crippen LogP contribution in [0.25, 0.3) is 22.8 Å². The van der Waals surface area contributed by atoms with Gasteiger partial charge in [-0.2, -0.15) is 10.2 Å². The smallest absolute Gasteiger partial charge is 0.395 e. The van der Waals surface area contributed by atoms with Gasteiger partial charge in [0.15, 0.2) is 17.2 Å². The number of ether oxygens (including phenoxy) is 2. The average molecular weight is 430 g/mol. The molecule has 0 amide bonds. The minimum Gasteiger partial charge on any atom is -0.395 e. The molecular formula is C20H10F4N4O3. The van der Waals surface area contributed by atoms with Gasteiger partial charge in [0, 0.05) is 24.4 Å². The zero-order valence-electron chi connectivity index (χ0n) is 15.3. The number of nitrogens with zero attached hydrogens (tertiary/aromatic N) is 4. The van der Waals surface area contributed by atoms with Crippen molar-refractivity contribution in [1.82, 2.24) is 19.6 Å². The number of hydrogen-bond donors (Lipinski definition) is 0. The number of benzene rings is 2. The maximum Gasteiger partial charge on any atom is 0.586 e. The van der Waals surface area contributed by atoms with Gasteiger partial charge < -0.3 is 9.47 Å². The lowest BCUT2D eigenvalue weighted by molar-refractivity contribution is -0.286. The van der Waals surface area contributed by atoms with Crippen molar-refractivity contribution in [2.75, 3.05) is 0 Å². The first-order chi connectivity index (χ1) is 14.8. The summed E-state index contributed by atoms with van der Waals surface area (Å²) < 4.78 is 65.5. The molecule has 0 saturated heterocycles. The summed E-state index contributed by atoms with van der Waals surface area (Å²) in [6.07, 6.45) is -1.14. The zero-order chi connectivity index (χ0) is 21.8. The zero-order valence-corrected chi connectivity index (χ0v) is 15.3. The van der Waals surface area contributed by atoms with Gasteiger partial charge in [0.1, 0.15) is 17.3 Å². The number of halogens is 4. The fourth-order valence-electron chi connectivity index (χ4n) is 3.13. The Morgan fingerprint density at radius 3 is 2.58 bits per heavy atom. The highest BCUT2D eigenvalue weighted by molar-refractivity contribution is 5.58. The molecule has 0 bridgehead atoms. The van der Waals surface area contributed by atoms with Crippen LogP contribution in [-0.4, -0.2) is 25.9 Å². The van der Waals surface area contributed by atoms with E-state index in [1.54, 1.807) is 0 Å². The van der Waals surface area contributed by atoms with Gasteiger partial charge >= 0.3 is 6.29 Å². The normalized spacial score (nSPS) is 14.1. The van der Waals surface area contributed by atoms with E-state index in [0.717, 1.165) is 22.9 Å². The van der Waals surface area contributed by atoms with Gasteiger partial charge in [0.2, 0.25) is 5.43 Å². The van der Waals surface area contributed by atoms with Crippen molar-refractivity contribution in [2.24, 2.45) is 0 Å². The molecule has 11 heteroatoms. The predicted octanol–water partition coefficient (Wildman–Crippen LogP) is 3.68. The number of fused-ring (bicyclic) bond motifs is 1. The van der Waals surface area contributed by atoms with E-state index in [2.05, 4.69) is 19.7 Å². The van der Waals surface area contributed by atoms with Crippen LogP contribution in [0.4, 0.5) is 17.6 Å². The van der Waals surface area contributed by atoms with E-state index < -0.39 is 23.4 Å². The minimum absolute atomic E-state index is 0.108. The van der Waals surface area contributed by atoms with Crippen molar-refractivity contribution in [3.05, 3.63) is 82.8 Å². The fraction of sp³-hybridized carbons (Fsp3) is 0.0500. The van der Waals surface area contributed by atoms with Gasteiger partial charge in [-0.1, -0.05) is 0 Å². The third-order valence-electron chi connectivity index (χ3n) is 4.48. The highest BCUT2D eigenvalue weighted by Gasteiger charge is 2.43. The van der Waals surface area contributed by atoms with Crippen LogP contribution < -0.4 is 14.9 Å². The fourth-order valence-corrected chi connectivity index (χ4v) is 3.13. The topological polar surface area (TPSA) is 71.2 Å². The Morgan fingerprint density at radius 2 is 1.74 bits per heavy atom. The molecule has 2 aromatic heterocycles. The largest absolute Gasteiger partial charge is 0.586 e. The summed E-state index contributed by atoms with van der Waals surface area (Å²) >= 11 is 0. The molecule has 1 aliphatic rings. The lowest BCUT2D eigenvalue weighted by Gasteiger charge is -2.10. The van der Waals surface area contributed by atoms with Crippen LogP contribution in [0.2, 0.25) is 0 Å². The highest BCUT2D eigenvalue weighted by Crippen LogP contribution is 2.41. The molecule has 0 aliphatic carbocycles. The van der Waals surface area contributed by atoms with E-state index in [1.807, 2.05) is 0 Å². The van der Waals surface area contributed by atoms with Crippen LogP contribution in [0.5, 0.6) is 11.5 Å². The maximum absolute atomic E-state index is 14.2. The first-order valence-electron chi connectivity index (χ1n) is 8.81. The van der Waals surface area contributed by atoms with Crippen molar-refractivity contribution in [2.45, 2.75) is 6.29 Å². The summed E-state index contributed by atoms with van der Waals surface area (Å²) in [6, 6.07) is 9.42. The molecule has 0 saturated carbocycles. The Morgan fingerprint density at radius 1 is 0.935 bits per heavy atom. The van der Waals surface area contributed by atoms with Crippen LogP contribution in [0.3, 0.4) is 0 Å². The standard InChI is InChI=1S/C20H10F4N4O3/c21-11-1-3-13(22)15(9-11)28-14(5-7-25-28)19-16(29)6-8-27(26-19)12-2-4-17-18(10-12)31-20(23,24)30-17/h1-10H. The monoisotopic (exact) mass is 430 g/mol. The molecule has 0 spiro atoms. The molecule has 7 nitrogen and oxygen atoms in total. The van der Waals surface area contributed by atoms with E-state index in [4.69, 9.17) is 0 Å². The number of alkyl halides is 2. The van der Waals surface area contributed by atoms with Crippen molar-refractivity contribution in [1.29, 1.82) is 0 Å². The average Bonchev–Trinajstić information content (AvgIpc) is 3.32. The van der Waals surface area contributed by atoms with Crippen LogP contribution in [0, 0.1) is 11.6 Å². The maximum atomic E-state index is 14.2. The minimum atomic E-state index is -3.77. The number of hydrogen-bond acceptors (Lipinski definition) is 5. The molecule has 3 heterocycles. The second-order valence-electron chi connectivity index (χ2n) is 6.50. The first-order valence-corrected chi connectivity index (χ1v) is 8.81. The molecule has 0 fully saturated rings. The molecule has 156 valence electrons. The van der Waals surface area contributed by atoms with Crippen LogP contribution in [0.1, 0.15) is 0 Å². The third-order valence-corrected chi connectivity index (χ3v) is 4.48. The highest BCUT2D eigenvalue weighted by atomic mass is 19.3. The summed E-state index contributed by atoms with van der Waals surface area (Å²) in [4.78, 5) is 12.5. The lowest BCUT2D eigenvalue weighted by atomic mass is 10.2. The second kappa shape index (κ2) is 6.69. The summed E-state index contributed by atoms with van der Waals surface area (Å²) in [5.41, 5.74) is -0.434. The van der Waals surface area contributed by atoms with Crippen molar-refractivity contribution >= 4 is 0 Å². The van der Waals surface area contributed by atoms with Crippen LogP contribution in [-0.2, 0) is 0 Å². The molecular weight excluding hydrogens is 420 g/mol. The van der Waals surface area contributed by atoms with Crippen molar-refractivity contribution in [3.63, 3.8) is 0 Å². The van der Waals surface area contributed by atoms with E-state index in [0.29, 0.717) is 5.69 Å². The van der Waals surface area contributed by atoms with Crippen LogP contribution in [0.15, 0.2) is 65.7 Å². The molecule has 4 aromatic rings. The Hall–Kier alpha value is -4.15. The number of aromatic nitrogens is 4. The van der Waals surface area contributed by atoms with E-state index in [-0.39, 0.29) is 28.6 Å². The van der Waals surface area contributed by atoms with E-state index in [9.17, 15) is 22.4 Å². The summed E-state index contributed by atoms with van der Waals surface area (Å²) in [5, 5.41) is 8.20. The summed E-state index contributed by atoms with van der Waals surface area (Å²) in [6.45, 7) is 0. The molecule has 5 rings (SSSR count). The summed E-state index contributed by atoms with van der Waals surface area (Å²) in [5.74, 6) is -1.78. The third kappa shape index (κ3) is 3.29. The second-order valence-corrected chi connectivity index (χ2v) is 6.50. The Kier molecular flexibility index (Phi) is 4.07. The SMILES string of the molecule is O=c1ccn(-c2ccc3c(c2)OC(F)(F)O3)nc1-c1ccnn1-c1cc(F)ccc1F. The molecule has 0 radical (unpaired) electrons. The molecule has 0 unspecified atom stereocenters. The molecule has 31 heavy (non-hydrogen) atoms. The van der Waals surface area contributed by atoms with Gasteiger partial charge in [-0.05, 0) is 30.3 Å². The Bertz CT molecular complexity index is 1380. The molecule has 1 aliphatic heterocycles. The van der Waals surface area contributed by atoms with E-state index in [1.165, 1.54) is 47.4 Å². The van der Waals surface area contributed by atoms with Crippen molar-refractivity contribution in [3.8, 4) is 34.3 Å². The van der Waals surface area contributed by atoms with E-state index >= 15 is 0 Å². The van der Waals surface area contributed by atoms with Gasteiger partial charge in [-0.25, -0.2) is 18.1 Å². The predicted molar refractivity (Wildman–Crippen MR) is 98.5 cm³/mol. The molecule has 2 aromatic carbocycles. The van der Waals surface area contributed by atoms with Crippen LogP contribution >= 0.6 is 0 Å². The van der Waals surface area contributed by atoms with Gasteiger partial charge in [0.25, 0.3) is 0 Å². The lowest BCUT2D eigenvalue weighted by Crippen LogP contribution is -2.25. The molecule has 0 atom stereocenters. The van der Waals surface area contributed by atoms with Gasteiger partial charge in [-0.15, -0.1) is 8.78 Å². The number of rotatable bonds is 3. The Labute approximate surface area is 170 Å². The van der Waals surface area contributed by atoms with Gasteiger partial charge in [0.05, 0.1) is 17.6 Å².